The average molecular weight is 364 g/mol. The van der Waals surface area contributed by atoms with E-state index in [9.17, 15) is 0 Å². The Kier molecular flexibility index (Phi) is 4.99. The van der Waals surface area contributed by atoms with Crippen molar-refractivity contribution >= 4 is 17.1 Å². The maximum Gasteiger partial charge on any atom is 0.0464 e. The smallest absolute Gasteiger partial charge is 0.0464 e. The second-order valence-corrected chi connectivity index (χ2v) is 7.32. The third-order valence-electron chi connectivity index (χ3n) is 5.17. The molecule has 0 spiro atoms. The largest absolute Gasteiger partial charge is 0.310 e. The molecular weight excluding hydrogens is 338 g/mol. The summed E-state index contributed by atoms with van der Waals surface area (Å²) in [4.78, 5) is 2.30. The molecule has 0 heterocycles. The van der Waals surface area contributed by atoms with Crippen LogP contribution < -0.4 is 4.90 Å². The Hall–Kier alpha value is -3.32. The Morgan fingerprint density at radius 1 is 0.464 bits per heavy atom. The highest BCUT2D eigenvalue weighted by molar-refractivity contribution is 5.80. The molecule has 0 amide bonds. The van der Waals surface area contributed by atoms with Crippen LogP contribution in [0, 0.1) is 20.8 Å². The molecule has 28 heavy (non-hydrogen) atoms. The molecule has 0 atom stereocenters. The second-order valence-electron chi connectivity index (χ2n) is 7.32. The quantitative estimate of drug-likeness (QED) is 0.358. The predicted molar refractivity (Wildman–Crippen MR) is 121 cm³/mol. The van der Waals surface area contributed by atoms with E-state index in [-0.39, 0.29) is 0 Å². The first-order valence-corrected chi connectivity index (χ1v) is 9.72. The lowest BCUT2D eigenvalue weighted by atomic mass is 9.95. The number of aryl methyl sites for hydroxylation is 3. The van der Waals surface area contributed by atoms with Crippen LogP contribution in [0.4, 0.5) is 17.1 Å². The molecule has 138 valence electrons. The van der Waals surface area contributed by atoms with Gasteiger partial charge in [-0.3, -0.25) is 0 Å². The van der Waals surface area contributed by atoms with Crippen LogP contribution in [-0.2, 0) is 0 Å². The number of hydrogen-bond donors (Lipinski definition) is 0. The van der Waals surface area contributed by atoms with Gasteiger partial charge in [0, 0.05) is 17.1 Å². The average Bonchev–Trinajstić information content (AvgIpc) is 2.71. The summed E-state index contributed by atoms with van der Waals surface area (Å²) >= 11 is 0. The van der Waals surface area contributed by atoms with Crippen molar-refractivity contribution in [2.45, 2.75) is 20.8 Å². The van der Waals surface area contributed by atoms with E-state index in [4.69, 9.17) is 0 Å². The molecular formula is C27H25N. The van der Waals surface area contributed by atoms with Crippen molar-refractivity contribution in [2.75, 3.05) is 4.90 Å². The molecule has 4 rings (SSSR count). The molecule has 0 aliphatic rings. The normalized spacial score (nSPS) is 10.7. The van der Waals surface area contributed by atoms with Gasteiger partial charge in [0.1, 0.15) is 0 Å². The molecule has 4 aromatic carbocycles. The minimum Gasteiger partial charge on any atom is -0.310 e. The van der Waals surface area contributed by atoms with Crippen molar-refractivity contribution in [3.8, 4) is 11.1 Å². The van der Waals surface area contributed by atoms with E-state index in [0.29, 0.717) is 0 Å². The molecule has 0 bridgehead atoms. The number of hydrogen-bond acceptors (Lipinski definition) is 1. The minimum atomic E-state index is 1.16. The molecule has 0 N–H and O–H groups in total. The summed E-state index contributed by atoms with van der Waals surface area (Å²) in [6.45, 7) is 6.53. The van der Waals surface area contributed by atoms with Crippen LogP contribution in [-0.4, -0.2) is 0 Å². The van der Waals surface area contributed by atoms with Crippen LogP contribution in [0.2, 0.25) is 0 Å². The Balaban J connectivity index is 1.81. The Morgan fingerprint density at radius 3 is 1.46 bits per heavy atom. The fourth-order valence-corrected chi connectivity index (χ4v) is 3.81. The van der Waals surface area contributed by atoms with Gasteiger partial charge in [-0.1, -0.05) is 66.2 Å². The van der Waals surface area contributed by atoms with Gasteiger partial charge in [0.15, 0.2) is 0 Å². The van der Waals surface area contributed by atoms with Crippen LogP contribution in [0.3, 0.4) is 0 Å². The first kappa shape index (κ1) is 18.1. The molecule has 0 radical (unpaired) electrons. The van der Waals surface area contributed by atoms with Crippen LogP contribution in [0.1, 0.15) is 16.7 Å². The van der Waals surface area contributed by atoms with Gasteiger partial charge in [0.05, 0.1) is 0 Å². The molecule has 0 saturated heterocycles. The van der Waals surface area contributed by atoms with Crippen molar-refractivity contribution < 1.29 is 0 Å². The summed E-state index contributed by atoms with van der Waals surface area (Å²) in [5, 5.41) is 0. The molecule has 0 saturated carbocycles. The molecule has 4 aromatic rings. The lowest BCUT2D eigenvalue weighted by Crippen LogP contribution is -2.10. The monoisotopic (exact) mass is 363 g/mol. The maximum atomic E-state index is 2.30. The van der Waals surface area contributed by atoms with E-state index in [1.54, 1.807) is 0 Å². The standard InChI is InChI=1S/C27H25N/c1-20-14-16-26(21(2)18-20)27-17-15-25(19-22(27)3)28(23-10-6-4-7-11-23)24-12-8-5-9-13-24/h4-19H,1-3H3. The summed E-state index contributed by atoms with van der Waals surface area (Å²) in [5.74, 6) is 0. The summed E-state index contributed by atoms with van der Waals surface area (Å²) in [6, 6.07) is 34.5. The summed E-state index contributed by atoms with van der Waals surface area (Å²) in [5.41, 5.74) is 9.99. The van der Waals surface area contributed by atoms with Crippen molar-refractivity contribution in [2.24, 2.45) is 0 Å². The molecule has 0 aliphatic heterocycles. The Bertz CT molecular complexity index is 1040. The third kappa shape index (κ3) is 3.57. The van der Waals surface area contributed by atoms with E-state index in [1.165, 1.54) is 33.5 Å². The summed E-state index contributed by atoms with van der Waals surface area (Å²) in [7, 11) is 0. The summed E-state index contributed by atoms with van der Waals surface area (Å²) < 4.78 is 0. The molecule has 0 aromatic heterocycles. The van der Waals surface area contributed by atoms with Crippen LogP contribution in [0.5, 0.6) is 0 Å². The second kappa shape index (κ2) is 7.74. The lowest BCUT2D eigenvalue weighted by molar-refractivity contribution is 1.27. The number of anilines is 3. The highest BCUT2D eigenvalue weighted by atomic mass is 15.1. The number of para-hydroxylation sites is 2. The van der Waals surface area contributed by atoms with Crippen LogP contribution in [0.25, 0.3) is 11.1 Å². The third-order valence-corrected chi connectivity index (χ3v) is 5.17. The fourth-order valence-electron chi connectivity index (χ4n) is 3.81. The zero-order chi connectivity index (χ0) is 19.5. The molecule has 1 nitrogen and oxygen atoms in total. The fraction of sp³-hybridized carbons (Fsp3) is 0.111. The van der Waals surface area contributed by atoms with Gasteiger partial charge in [-0.2, -0.15) is 0 Å². The molecule has 1 heteroatoms. The topological polar surface area (TPSA) is 3.24 Å². The summed E-state index contributed by atoms with van der Waals surface area (Å²) in [6.07, 6.45) is 0. The molecule has 0 fully saturated rings. The predicted octanol–water partition coefficient (Wildman–Crippen LogP) is 7.75. The number of nitrogens with zero attached hydrogens (tertiary/aromatic N) is 1. The van der Waals surface area contributed by atoms with Crippen molar-refractivity contribution in [1.29, 1.82) is 0 Å². The Morgan fingerprint density at radius 2 is 0.964 bits per heavy atom. The molecule has 0 unspecified atom stereocenters. The van der Waals surface area contributed by atoms with E-state index >= 15 is 0 Å². The van der Waals surface area contributed by atoms with E-state index < -0.39 is 0 Å². The van der Waals surface area contributed by atoms with E-state index in [1.807, 2.05) is 0 Å². The van der Waals surface area contributed by atoms with Crippen molar-refractivity contribution in [1.82, 2.24) is 0 Å². The van der Waals surface area contributed by atoms with Crippen LogP contribution >= 0.6 is 0 Å². The van der Waals surface area contributed by atoms with Crippen molar-refractivity contribution in [3.05, 3.63) is 114 Å². The van der Waals surface area contributed by atoms with Gasteiger partial charge in [-0.15, -0.1) is 0 Å². The zero-order valence-corrected chi connectivity index (χ0v) is 16.7. The highest BCUT2D eigenvalue weighted by Gasteiger charge is 2.14. The SMILES string of the molecule is Cc1ccc(-c2ccc(N(c3ccccc3)c3ccccc3)cc2C)c(C)c1. The minimum absolute atomic E-state index is 1.16. The lowest BCUT2D eigenvalue weighted by Gasteiger charge is -2.26. The van der Waals surface area contributed by atoms with Gasteiger partial charge < -0.3 is 4.90 Å². The van der Waals surface area contributed by atoms with Gasteiger partial charge in [-0.25, -0.2) is 0 Å². The zero-order valence-electron chi connectivity index (χ0n) is 16.7. The van der Waals surface area contributed by atoms with E-state index in [2.05, 4.69) is 123 Å². The Labute approximate surface area is 167 Å². The van der Waals surface area contributed by atoms with E-state index in [0.717, 1.165) is 11.4 Å². The van der Waals surface area contributed by atoms with Gasteiger partial charge in [0.2, 0.25) is 0 Å². The molecule has 0 aliphatic carbocycles. The van der Waals surface area contributed by atoms with Gasteiger partial charge >= 0.3 is 0 Å². The first-order chi connectivity index (χ1) is 13.6. The first-order valence-electron chi connectivity index (χ1n) is 9.72. The van der Waals surface area contributed by atoms with Gasteiger partial charge in [-0.05, 0) is 79.4 Å². The number of benzene rings is 4. The van der Waals surface area contributed by atoms with Gasteiger partial charge in [0.25, 0.3) is 0 Å². The maximum absolute atomic E-state index is 2.30. The van der Waals surface area contributed by atoms with Crippen LogP contribution in [0.15, 0.2) is 97.1 Å². The number of rotatable bonds is 4. The van der Waals surface area contributed by atoms with Crippen molar-refractivity contribution in [3.63, 3.8) is 0 Å². The highest BCUT2D eigenvalue weighted by Crippen LogP contribution is 2.37.